The van der Waals surface area contributed by atoms with Gasteiger partial charge in [-0.2, -0.15) is 0 Å². The van der Waals surface area contributed by atoms with Crippen molar-refractivity contribution in [2.45, 2.75) is 0 Å². The minimum absolute atomic E-state index is 0. The molecule has 62 valence electrons. The van der Waals surface area contributed by atoms with Gasteiger partial charge in [0.25, 0.3) is 0 Å². The van der Waals surface area contributed by atoms with Gasteiger partial charge in [0.05, 0.1) is 0 Å². The Labute approximate surface area is 71.6 Å². The molecule has 0 heterocycles. The van der Waals surface area contributed by atoms with E-state index in [1.807, 2.05) is 0 Å². The molecule has 0 saturated carbocycles. The molecule has 0 fully saturated rings. The van der Waals surface area contributed by atoms with Gasteiger partial charge in [-0.15, -0.1) is 0 Å². The van der Waals surface area contributed by atoms with E-state index in [-0.39, 0.29) is 17.4 Å². The molecule has 0 aromatic rings. The predicted octanol–water partition coefficient (Wildman–Crippen LogP) is -4.61. The molecule has 0 amide bonds. The minimum Gasteiger partial charge on any atom is -0.652 e. The number of hydrogen-bond donors (Lipinski definition) is 3. The number of carboxylic acid groups (broad SMARTS) is 4. The fourth-order valence-electron chi connectivity index (χ4n) is 0. The Morgan fingerprint density at radius 2 is 1.09 bits per heavy atom. The molecule has 0 radical (unpaired) electrons. The van der Waals surface area contributed by atoms with E-state index < -0.39 is 12.3 Å². The van der Waals surface area contributed by atoms with Crippen molar-refractivity contribution in [1.29, 1.82) is 0 Å². The summed E-state index contributed by atoms with van der Waals surface area (Å²) < 4.78 is 0. The van der Waals surface area contributed by atoms with Gasteiger partial charge in [-0.1, -0.05) is 0 Å². The quantitative estimate of drug-likeness (QED) is 0.247. The first-order valence-corrected chi connectivity index (χ1v) is 1.50. The van der Waals surface area contributed by atoms with Crippen LogP contribution in [0.15, 0.2) is 0 Å². The molecule has 0 spiro atoms. The van der Waals surface area contributed by atoms with Crippen LogP contribution in [-0.2, 0) is 0 Å². The van der Waals surface area contributed by atoms with Gasteiger partial charge in [0, 0.05) is 0 Å². The molecule has 11 heavy (non-hydrogen) atoms. The molecule has 4 N–H and O–H groups in total. The van der Waals surface area contributed by atoms with E-state index >= 15 is 0 Å². The maximum Gasteiger partial charge on any atom is 3.00 e. The number of rotatable bonds is 0. The number of carbonyl (C=O) groups excluding carboxylic acids is 1. The van der Waals surface area contributed by atoms with Crippen LogP contribution in [0, 0.1) is 0 Å². The fourth-order valence-corrected chi connectivity index (χ4v) is 0. The molecular weight excluding hydrogens is 177 g/mol. The van der Waals surface area contributed by atoms with Gasteiger partial charge >= 0.3 is 17.4 Å². The molecule has 0 aliphatic rings. The second-order valence-corrected chi connectivity index (χ2v) is 0.516. The summed E-state index contributed by atoms with van der Waals surface area (Å²) in [6, 6.07) is 0. The average molecular weight is 181 g/mol. The number of carbonyl (C=O) groups is 2. The van der Waals surface area contributed by atoms with Gasteiger partial charge in [0.2, 0.25) is 6.16 Å². The van der Waals surface area contributed by atoms with Crippen LogP contribution in [0.25, 0.3) is 0 Å². The molecule has 0 bridgehead atoms. The summed E-state index contributed by atoms with van der Waals surface area (Å²) >= 11 is 0. The van der Waals surface area contributed by atoms with Gasteiger partial charge < -0.3 is 35.2 Å². The van der Waals surface area contributed by atoms with Crippen LogP contribution >= 0.6 is 0 Å². The van der Waals surface area contributed by atoms with Gasteiger partial charge in [0.15, 0.2) is 0 Å². The van der Waals surface area contributed by atoms with Gasteiger partial charge in [0.1, 0.15) is 0 Å². The Hall–Kier alpha value is -1.01. The second-order valence-electron chi connectivity index (χ2n) is 0.516. The maximum absolute atomic E-state index is 8.44. The molecule has 0 aromatic carbocycles. The third-order valence-corrected chi connectivity index (χ3v) is 0. The molecule has 0 rings (SSSR count). The van der Waals surface area contributed by atoms with Crippen LogP contribution in [0.5, 0.6) is 0 Å². The Morgan fingerprint density at radius 1 is 1.09 bits per heavy atom. The van der Waals surface area contributed by atoms with Gasteiger partial charge in [-0.25, -0.2) is 5.90 Å². The van der Waals surface area contributed by atoms with Crippen molar-refractivity contribution < 1.29 is 35.2 Å². The summed E-state index contributed by atoms with van der Waals surface area (Å²) in [6.07, 6.45) is -4.42. The van der Waals surface area contributed by atoms with Crippen molar-refractivity contribution in [3.63, 3.8) is 0 Å². The number of hydrogen-bond acceptors (Lipinski definition) is 7. The average Bonchev–Trinajstić information content (AvgIpc) is 1.66. The van der Waals surface area contributed by atoms with Crippen molar-refractivity contribution in [2.75, 3.05) is 0 Å². The van der Waals surface area contributed by atoms with E-state index in [0.717, 1.165) is 0 Å². The van der Waals surface area contributed by atoms with E-state index in [2.05, 4.69) is 5.90 Å². The summed E-state index contributed by atoms with van der Waals surface area (Å²) in [6.45, 7) is 0. The van der Waals surface area contributed by atoms with Crippen molar-refractivity contribution in [1.82, 2.24) is 0 Å². The van der Waals surface area contributed by atoms with E-state index in [1.54, 1.807) is 0 Å². The standard InChI is InChI=1S/2CH2O3.Al.H3NO/c2*2-1(3)4;;1-2/h2*(H2,2,3,4);;2H,1H2/q;;+3;/p-3. The van der Waals surface area contributed by atoms with Crippen molar-refractivity contribution in [3.8, 4) is 0 Å². The summed E-state index contributed by atoms with van der Waals surface area (Å²) in [7, 11) is 0. The normalized spacial score (nSPS) is 4.91. The maximum atomic E-state index is 8.44. The SMILES string of the molecule is NO.O=C([O-])O.O=C([O-])[O-].[Al+3]. The molecule has 0 atom stereocenters. The summed E-state index contributed by atoms with van der Waals surface area (Å²) in [5.41, 5.74) is 0. The first kappa shape index (κ1) is 22.5. The molecule has 0 aromatic heterocycles. The molecule has 8 nitrogen and oxygen atoms in total. The predicted molar refractivity (Wildman–Crippen MR) is 25.1 cm³/mol. The Morgan fingerprint density at radius 3 is 1.09 bits per heavy atom. The minimum atomic E-state index is -2.33. The van der Waals surface area contributed by atoms with E-state index in [1.165, 1.54) is 0 Å². The fraction of sp³-hybridized carbons (Fsp3) is 0. The zero-order chi connectivity index (χ0) is 9.15. The van der Waals surface area contributed by atoms with Crippen LogP contribution in [0.2, 0.25) is 0 Å². The monoisotopic (exact) mass is 181 g/mol. The Bertz CT molecular complexity index is 74.4. The summed E-state index contributed by atoms with van der Waals surface area (Å²) in [5.74, 6) is 3.50. The van der Waals surface area contributed by atoms with Crippen LogP contribution in [0.1, 0.15) is 0 Å². The molecule has 0 unspecified atom stereocenters. The molecule has 0 aliphatic heterocycles. The van der Waals surface area contributed by atoms with Crippen LogP contribution in [0.3, 0.4) is 0 Å². The van der Waals surface area contributed by atoms with Crippen molar-refractivity contribution in [2.24, 2.45) is 5.90 Å². The topological polar surface area (TPSA) is 170 Å². The van der Waals surface area contributed by atoms with Crippen molar-refractivity contribution >= 4 is 29.7 Å². The van der Waals surface area contributed by atoms with E-state index in [4.69, 9.17) is 35.2 Å². The smallest absolute Gasteiger partial charge is 0.652 e. The zero-order valence-electron chi connectivity index (χ0n) is 5.09. The Balaban J connectivity index is -0.0000000339. The van der Waals surface area contributed by atoms with Crippen LogP contribution in [-0.4, -0.2) is 40.0 Å². The second kappa shape index (κ2) is 23.0. The zero-order valence-corrected chi connectivity index (χ0v) is 6.25. The third kappa shape index (κ3) is 433. The first-order valence-electron chi connectivity index (χ1n) is 1.50. The summed E-state index contributed by atoms with van der Waals surface area (Å²) in [4.78, 5) is 16.8. The third-order valence-electron chi connectivity index (χ3n) is 0. The van der Waals surface area contributed by atoms with Crippen molar-refractivity contribution in [3.05, 3.63) is 0 Å². The molecule has 0 saturated heterocycles. The van der Waals surface area contributed by atoms with Crippen LogP contribution < -0.4 is 21.2 Å². The summed E-state index contributed by atoms with van der Waals surface area (Å²) in [5, 5.41) is 38.5. The molecular formula is C2H4AlNO7. The van der Waals surface area contributed by atoms with E-state index in [9.17, 15) is 0 Å². The van der Waals surface area contributed by atoms with Gasteiger partial charge in [-0.05, 0) is 6.16 Å². The van der Waals surface area contributed by atoms with E-state index in [0.29, 0.717) is 0 Å². The Kier molecular flexibility index (Phi) is 47.1. The molecule has 9 heteroatoms. The number of nitrogens with two attached hydrogens (primary N) is 1. The molecule has 0 aliphatic carbocycles. The largest absolute Gasteiger partial charge is 3.00 e. The van der Waals surface area contributed by atoms with Crippen LogP contribution in [0.4, 0.5) is 9.59 Å². The first-order chi connectivity index (χ1) is 4.46. The van der Waals surface area contributed by atoms with Gasteiger partial charge in [-0.3, -0.25) is 0 Å².